The number of rotatable bonds is 6. The topological polar surface area (TPSA) is 55.4 Å². The van der Waals surface area contributed by atoms with Gasteiger partial charge in [-0.25, -0.2) is 13.1 Å². The fraction of sp³-hybridized carbons (Fsp3) is 0.538. The van der Waals surface area contributed by atoms with E-state index >= 15 is 0 Å². The Morgan fingerprint density at radius 1 is 1.37 bits per heavy atom. The Labute approximate surface area is 123 Å². The summed E-state index contributed by atoms with van der Waals surface area (Å²) >= 11 is 3.29. The van der Waals surface area contributed by atoms with Crippen molar-refractivity contribution in [1.82, 2.24) is 4.72 Å². The largest absolute Gasteiger partial charge is 0.375 e. The average Bonchev–Trinajstić information content (AvgIpc) is 2.30. The van der Waals surface area contributed by atoms with Crippen molar-refractivity contribution in [1.29, 1.82) is 0 Å². The molecule has 6 heteroatoms. The summed E-state index contributed by atoms with van der Waals surface area (Å²) in [5, 5.41) is 0. The van der Waals surface area contributed by atoms with Gasteiger partial charge in [0.15, 0.2) is 0 Å². The van der Waals surface area contributed by atoms with Crippen LogP contribution in [0.15, 0.2) is 27.6 Å². The molecule has 0 saturated heterocycles. The second-order valence-electron chi connectivity index (χ2n) is 4.93. The van der Waals surface area contributed by atoms with Crippen LogP contribution in [0.25, 0.3) is 0 Å². The first-order valence-electron chi connectivity index (χ1n) is 6.08. The first kappa shape index (κ1) is 16.6. The summed E-state index contributed by atoms with van der Waals surface area (Å²) in [5.41, 5.74) is 0.187. The van der Waals surface area contributed by atoms with Gasteiger partial charge in [0.2, 0.25) is 10.0 Å². The molecule has 19 heavy (non-hydrogen) atoms. The predicted octanol–water partition coefficient (Wildman–Crippen LogP) is 2.85. The Morgan fingerprint density at radius 3 is 2.58 bits per heavy atom. The number of halogens is 1. The molecule has 0 aliphatic heterocycles. The van der Waals surface area contributed by atoms with Gasteiger partial charge in [-0.2, -0.15) is 0 Å². The van der Waals surface area contributed by atoms with E-state index in [1.807, 2.05) is 26.8 Å². The molecule has 0 heterocycles. The zero-order valence-electron chi connectivity index (χ0n) is 11.7. The Hall–Kier alpha value is -0.430. The third-order valence-corrected chi connectivity index (χ3v) is 4.70. The highest BCUT2D eigenvalue weighted by atomic mass is 79.9. The molecular weight excluding hydrogens is 330 g/mol. The molecule has 4 nitrogen and oxygen atoms in total. The number of aryl methyl sites for hydroxylation is 1. The number of ether oxygens (including phenoxy) is 1. The molecule has 0 radical (unpaired) electrons. The van der Waals surface area contributed by atoms with Gasteiger partial charge in [0, 0.05) is 17.6 Å². The maximum absolute atomic E-state index is 12.3. The van der Waals surface area contributed by atoms with Crippen LogP contribution in [0.2, 0.25) is 0 Å². The van der Waals surface area contributed by atoms with Gasteiger partial charge in [-0.05, 0) is 45.4 Å². The van der Waals surface area contributed by atoms with Crippen LogP contribution in [0, 0.1) is 6.92 Å². The standard InChI is InChI=1S/C13H20BrNO3S/c1-5-18-13(3,4)9-15-19(16,17)12-8-11(14)7-6-10(12)2/h6-8,15H,5,9H2,1-4H3. The van der Waals surface area contributed by atoms with Gasteiger partial charge in [-0.15, -0.1) is 0 Å². The van der Waals surface area contributed by atoms with Crippen molar-refractivity contribution in [2.24, 2.45) is 0 Å². The Morgan fingerprint density at radius 2 is 2.00 bits per heavy atom. The first-order valence-corrected chi connectivity index (χ1v) is 8.35. The summed E-state index contributed by atoms with van der Waals surface area (Å²) in [6.45, 7) is 8.14. The third kappa shape index (κ3) is 4.87. The normalized spacial score (nSPS) is 12.7. The van der Waals surface area contributed by atoms with Crippen LogP contribution >= 0.6 is 15.9 Å². The van der Waals surface area contributed by atoms with Gasteiger partial charge in [-0.3, -0.25) is 0 Å². The van der Waals surface area contributed by atoms with E-state index in [1.165, 1.54) is 0 Å². The van der Waals surface area contributed by atoms with Crippen molar-refractivity contribution in [3.63, 3.8) is 0 Å². The Bertz CT molecular complexity index is 541. The zero-order chi connectivity index (χ0) is 14.7. The summed E-state index contributed by atoms with van der Waals surface area (Å²) in [6, 6.07) is 5.19. The second kappa shape index (κ2) is 6.35. The summed E-state index contributed by atoms with van der Waals surface area (Å²) in [7, 11) is -3.52. The number of nitrogens with one attached hydrogen (secondary N) is 1. The molecule has 0 aromatic heterocycles. The molecule has 0 spiro atoms. The number of hydrogen-bond acceptors (Lipinski definition) is 3. The molecule has 108 valence electrons. The van der Waals surface area contributed by atoms with Gasteiger partial charge >= 0.3 is 0 Å². The molecule has 1 aromatic rings. The van der Waals surface area contributed by atoms with Gasteiger partial charge in [0.25, 0.3) is 0 Å². The van der Waals surface area contributed by atoms with E-state index in [0.717, 1.165) is 4.47 Å². The highest BCUT2D eigenvalue weighted by Gasteiger charge is 2.23. The minimum Gasteiger partial charge on any atom is -0.375 e. The fourth-order valence-corrected chi connectivity index (χ4v) is 3.63. The van der Waals surface area contributed by atoms with Crippen LogP contribution in [0.3, 0.4) is 0 Å². The molecule has 1 aromatic carbocycles. The SMILES string of the molecule is CCOC(C)(C)CNS(=O)(=O)c1cc(Br)ccc1C. The zero-order valence-corrected chi connectivity index (χ0v) is 14.1. The second-order valence-corrected chi connectivity index (χ2v) is 7.58. The van der Waals surface area contributed by atoms with Crippen molar-refractivity contribution in [2.45, 2.75) is 38.2 Å². The lowest BCUT2D eigenvalue weighted by Gasteiger charge is -2.25. The monoisotopic (exact) mass is 349 g/mol. The third-order valence-electron chi connectivity index (χ3n) is 2.66. The molecule has 0 aliphatic carbocycles. The number of benzene rings is 1. The molecule has 0 saturated carbocycles. The molecular formula is C13H20BrNO3S. The molecule has 0 aliphatic rings. The first-order chi connectivity index (χ1) is 8.68. The highest BCUT2D eigenvalue weighted by Crippen LogP contribution is 2.21. The van der Waals surface area contributed by atoms with E-state index in [4.69, 9.17) is 4.74 Å². The quantitative estimate of drug-likeness (QED) is 0.858. The van der Waals surface area contributed by atoms with E-state index in [1.54, 1.807) is 19.1 Å². The van der Waals surface area contributed by atoms with Gasteiger partial charge in [-0.1, -0.05) is 22.0 Å². The molecule has 0 amide bonds. The van der Waals surface area contributed by atoms with Crippen LogP contribution < -0.4 is 4.72 Å². The van der Waals surface area contributed by atoms with Crippen LogP contribution in [-0.4, -0.2) is 27.2 Å². The van der Waals surface area contributed by atoms with Crippen molar-refractivity contribution in [2.75, 3.05) is 13.2 Å². The maximum atomic E-state index is 12.3. The van der Waals surface area contributed by atoms with Gasteiger partial charge < -0.3 is 4.74 Å². The molecule has 0 unspecified atom stereocenters. The lowest BCUT2D eigenvalue weighted by Crippen LogP contribution is -2.40. The summed E-state index contributed by atoms with van der Waals surface area (Å²) in [5.74, 6) is 0. The van der Waals surface area contributed by atoms with Gasteiger partial charge in [0.1, 0.15) is 0 Å². The Kier molecular flexibility index (Phi) is 5.55. The fourth-order valence-electron chi connectivity index (χ4n) is 1.65. The van der Waals surface area contributed by atoms with Crippen LogP contribution in [0.4, 0.5) is 0 Å². The molecule has 0 fully saturated rings. The van der Waals surface area contributed by atoms with E-state index in [-0.39, 0.29) is 11.4 Å². The lowest BCUT2D eigenvalue weighted by molar-refractivity contribution is -0.00515. The van der Waals surface area contributed by atoms with Crippen molar-refractivity contribution < 1.29 is 13.2 Å². The summed E-state index contributed by atoms with van der Waals surface area (Å²) in [4.78, 5) is 0.286. The minimum absolute atomic E-state index is 0.231. The van der Waals surface area contributed by atoms with Gasteiger partial charge in [0.05, 0.1) is 10.5 Å². The maximum Gasteiger partial charge on any atom is 0.240 e. The van der Waals surface area contributed by atoms with Crippen molar-refractivity contribution in [3.05, 3.63) is 28.2 Å². The summed E-state index contributed by atoms with van der Waals surface area (Å²) < 4.78 is 33.3. The summed E-state index contributed by atoms with van der Waals surface area (Å²) in [6.07, 6.45) is 0. The van der Waals surface area contributed by atoms with Crippen molar-refractivity contribution in [3.8, 4) is 0 Å². The predicted molar refractivity (Wildman–Crippen MR) is 79.8 cm³/mol. The number of hydrogen-bond donors (Lipinski definition) is 1. The molecule has 0 bridgehead atoms. The van der Waals surface area contributed by atoms with E-state index in [2.05, 4.69) is 20.7 Å². The average molecular weight is 350 g/mol. The smallest absolute Gasteiger partial charge is 0.240 e. The molecule has 0 atom stereocenters. The molecule has 1 rings (SSSR count). The van der Waals surface area contributed by atoms with E-state index in [9.17, 15) is 8.42 Å². The van der Waals surface area contributed by atoms with Crippen LogP contribution in [0.5, 0.6) is 0 Å². The number of sulfonamides is 1. The lowest BCUT2D eigenvalue weighted by atomic mass is 10.1. The molecule has 1 N–H and O–H groups in total. The van der Waals surface area contributed by atoms with Crippen molar-refractivity contribution >= 4 is 26.0 Å². The van der Waals surface area contributed by atoms with Crippen LogP contribution in [-0.2, 0) is 14.8 Å². The van der Waals surface area contributed by atoms with E-state index < -0.39 is 15.6 Å². The van der Waals surface area contributed by atoms with Crippen LogP contribution in [0.1, 0.15) is 26.3 Å². The minimum atomic E-state index is -3.52. The highest BCUT2D eigenvalue weighted by molar-refractivity contribution is 9.10. The Balaban J connectivity index is 2.90. The van der Waals surface area contributed by atoms with E-state index in [0.29, 0.717) is 12.2 Å².